The summed E-state index contributed by atoms with van der Waals surface area (Å²) in [4.78, 5) is 4.14. The number of nitrogens with one attached hydrogen (secondary N) is 1. The molecular weight excluding hydrogens is 178 g/mol. The van der Waals surface area contributed by atoms with Crippen molar-refractivity contribution in [2.75, 3.05) is 6.61 Å². The Morgan fingerprint density at radius 3 is 3.21 bits per heavy atom. The number of aromatic nitrogens is 3. The van der Waals surface area contributed by atoms with Gasteiger partial charge < -0.3 is 5.11 Å². The third kappa shape index (κ3) is 1.73. The van der Waals surface area contributed by atoms with Crippen LogP contribution < -0.4 is 0 Å². The van der Waals surface area contributed by atoms with E-state index in [1.54, 1.807) is 12.4 Å². The molecule has 0 fully saturated rings. The molecule has 0 amide bonds. The molecule has 14 heavy (non-hydrogen) atoms. The Morgan fingerprint density at radius 1 is 1.43 bits per heavy atom. The minimum Gasteiger partial charge on any atom is -0.395 e. The van der Waals surface area contributed by atoms with E-state index < -0.39 is 0 Å². The van der Waals surface area contributed by atoms with Crippen molar-refractivity contribution >= 4 is 11.0 Å². The molecule has 4 heteroatoms. The largest absolute Gasteiger partial charge is 0.395 e. The number of aromatic amines is 1. The van der Waals surface area contributed by atoms with Crippen molar-refractivity contribution in [3.63, 3.8) is 0 Å². The molecular formula is C10H9N3O. The van der Waals surface area contributed by atoms with E-state index in [2.05, 4.69) is 27.0 Å². The molecule has 70 valence electrons. The van der Waals surface area contributed by atoms with Gasteiger partial charge in [0.2, 0.25) is 0 Å². The molecule has 0 saturated heterocycles. The summed E-state index contributed by atoms with van der Waals surface area (Å²) in [6.45, 7) is 0.0916. The summed E-state index contributed by atoms with van der Waals surface area (Å²) in [6, 6.07) is 1.91. The van der Waals surface area contributed by atoms with Crippen LogP contribution in [0.2, 0.25) is 0 Å². The number of H-pyrrole nitrogens is 1. The van der Waals surface area contributed by atoms with Crippen LogP contribution in [0.5, 0.6) is 0 Å². The number of nitrogens with zero attached hydrogens (tertiary/aromatic N) is 2. The van der Waals surface area contributed by atoms with Crippen LogP contribution in [0, 0.1) is 11.8 Å². The van der Waals surface area contributed by atoms with Crippen LogP contribution in [0.4, 0.5) is 0 Å². The molecule has 0 saturated carbocycles. The zero-order valence-corrected chi connectivity index (χ0v) is 7.49. The van der Waals surface area contributed by atoms with Gasteiger partial charge in [0.15, 0.2) is 5.65 Å². The van der Waals surface area contributed by atoms with Crippen molar-refractivity contribution < 1.29 is 5.11 Å². The van der Waals surface area contributed by atoms with Crippen molar-refractivity contribution in [2.45, 2.75) is 6.42 Å². The van der Waals surface area contributed by atoms with E-state index in [0.717, 1.165) is 16.6 Å². The molecule has 0 unspecified atom stereocenters. The zero-order chi connectivity index (χ0) is 9.80. The predicted octanol–water partition coefficient (Wildman–Crippen LogP) is 0.692. The van der Waals surface area contributed by atoms with Crippen molar-refractivity contribution in [3.05, 3.63) is 24.0 Å². The zero-order valence-electron chi connectivity index (χ0n) is 7.49. The lowest BCUT2D eigenvalue weighted by Crippen LogP contribution is -1.81. The molecule has 2 aromatic rings. The normalized spacial score (nSPS) is 9.79. The van der Waals surface area contributed by atoms with E-state index in [1.165, 1.54) is 0 Å². The first-order valence-corrected chi connectivity index (χ1v) is 4.29. The molecule has 0 aromatic carbocycles. The molecule has 2 heterocycles. The van der Waals surface area contributed by atoms with Crippen LogP contribution in [0.1, 0.15) is 12.0 Å². The summed E-state index contributed by atoms with van der Waals surface area (Å²) in [7, 11) is 0. The minimum atomic E-state index is 0.0916. The average molecular weight is 187 g/mol. The molecule has 2 N–H and O–H groups in total. The highest BCUT2D eigenvalue weighted by Crippen LogP contribution is 2.08. The number of fused-ring (bicyclic) bond motifs is 1. The van der Waals surface area contributed by atoms with Crippen LogP contribution in [0.3, 0.4) is 0 Å². The molecule has 4 nitrogen and oxygen atoms in total. The molecule has 0 spiro atoms. The molecule has 2 rings (SSSR count). The lowest BCUT2D eigenvalue weighted by Gasteiger charge is -1.89. The molecule has 0 bridgehead atoms. The first kappa shape index (κ1) is 8.73. The Bertz CT molecular complexity index is 493. The molecule has 0 aliphatic heterocycles. The quantitative estimate of drug-likeness (QED) is 0.646. The predicted molar refractivity (Wildman–Crippen MR) is 52.5 cm³/mol. The first-order chi connectivity index (χ1) is 6.90. The molecule has 0 atom stereocenters. The second-order valence-electron chi connectivity index (χ2n) is 2.81. The topological polar surface area (TPSA) is 61.8 Å². The van der Waals surface area contributed by atoms with E-state index in [-0.39, 0.29) is 6.61 Å². The van der Waals surface area contributed by atoms with Crippen LogP contribution in [0.25, 0.3) is 11.0 Å². The minimum absolute atomic E-state index is 0.0916. The van der Waals surface area contributed by atoms with E-state index in [0.29, 0.717) is 6.42 Å². The molecule has 0 radical (unpaired) electrons. The highest BCUT2D eigenvalue weighted by Gasteiger charge is 1.96. The summed E-state index contributed by atoms with van der Waals surface area (Å²) in [5.41, 5.74) is 1.60. The second-order valence-corrected chi connectivity index (χ2v) is 2.81. The maximum absolute atomic E-state index is 8.55. The number of aliphatic hydroxyl groups excluding tert-OH is 1. The number of hydrogen-bond acceptors (Lipinski definition) is 3. The molecule has 0 aliphatic rings. The fourth-order valence-electron chi connectivity index (χ4n) is 1.13. The van der Waals surface area contributed by atoms with Crippen molar-refractivity contribution in [1.29, 1.82) is 0 Å². The van der Waals surface area contributed by atoms with Crippen molar-refractivity contribution in [1.82, 2.24) is 15.2 Å². The highest BCUT2D eigenvalue weighted by molar-refractivity contribution is 5.74. The van der Waals surface area contributed by atoms with Crippen LogP contribution in [-0.2, 0) is 0 Å². The Hall–Kier alpha value is -1.86. The maximum atomic E-state index is 8.55. The fraction of sp³-hybridized carbons (Fsp3) is 0.200. The van der Waals surface area contributed by atoms with Crippen LogP contribution in [0.15, 0.2) is 18.5 Å². The molecule has 2 aromatic heterocycles. The third-order valence-corrected chi connectivity index (χ3v) is 1.76. The number of aliphatic hydroxyl groups is 1. The van der Waals surface area contributed by atoms with Crippen LogP contribution in [-0.4, -0.2) is 26.9 Å². The van der Waals surface area contributed by atoms with E-state index in [4.69, 9.17) is 5.11 Å². The summed E-state index contributed by atoms with van der Waals surface area (Å²) in [5.74, 6) is 5.75. The Kier molecular flexibility index (Phi) is 2.43. The molecule has 0 aliphatic carbocycles. The number of hydrogen-bond donors (Lipinski definition) is 2. The van der Waals surface area contributed by atoms with Crippen LogP contribution >= 0.6 is 0 Å². The summed E-state index contributed by atoms with van der Waals surface area (Å²) in [6.07, 6.45) is 3.88. The highest BCUT2D eigenvalue weighted by atomic mass is 16.2. The van der Waals surface area contributed by atoms with Gasteiger partial charge in [-0.3, -0.25) is 5.10 Å². The first-order valence-electron chi connectivity index (χ1n) is 4.29. The van der Waals surface area contributed by atoms with Crippen molar-refractivity contribution in [2.24, 2.45) is 0 Å². The number of pyridine rings is 1. The number of rotatable bonds is 1. The Morgan fingerprint density at radius 2 is 2.36 bits per heavy atom. The Balaban J connectivity index is 2.31. The maximum Gasteiger partial charge on any atom is 0.155 e. The summed E-state index contributed by atoms with van der Waals surface area (Å²) >= 11 is 0. The SMILES string of the molecule is OCCC#Cc1cnc2[nH]ncc2c1. The van der Waals surface area contributed by atoms with Gasteiger partial charge in [0, 0.05) is 23.6 Å². The van der Waals surface area contributed by atoms with E-state index >= 15 is 0 Å². The standard InChI is InChI=1S/C10H9N3O/c14-4-2-1-3-8-5-9-7-12-13-10(9)11-6-8/h5-7,14H,2,4H2,(H,11,12,13). The third-order valence-electron chi connectivity index (χ3n) is 1.76. The van der Waals surface area contributed by atoms with Gasteiger partial charge in [-0.25, -0.2) is 4.98 Å². The van der Waals surface area contributed by atoms with Gasteiger partial charge in [0.05, 0.1) is 12.8 Å². The lowest BCUT2D eigenvalue weighted by molar-refractivity contribution is 0.305. The smallest absolute Gasteiger partial charge is 0.155 e. The Labute approximate surface area is 81.0 Å². The van der Waals surface area contributed by atoms with Gasteiger partial charge in [-0.2, -0.15) is 5.10 Å². The van der Waals surface area contributed by atoms with Gasteiger partial charge in [0.1, 0.15) is 0 Å². The summed E-state index contributed by atoms with van der Waals surface area (Å²) in [5, 5.41) is 16.1. The van der Waals surface area contributed by atoms with Gasteiger partial charge in [0.25, 0.3) is 0 Å². The van der Waals surface area contributed by atoms with E-state index in [1.807, 2.05) is 6.07 Å². The average Bonchev–Trinajstić information content (AvgIpc) is 2.65. The lowest BCUT2D eigenvalue weighted by atomic mass is 10.2. The second kappa shape index (κ2) is 3.90. The van der Waals surface area contributed by atoms with Gasteiger partial charge >= 0.3 is 0 Å². The van der Waals surface area contributed by atoms with Crippen molar-refractivity contribution in [3.8, 4) is 11.8 Å². The van der Waals surface area contributed by atoms with Gasteiger partial charge in [-0.15, -0.1) is 0 Å². The van der Waals surface area contributed by atoms with Gasteiger partial charge in [-0.1, -0.05) is 11.8 Å². The van der Waals surface area contributed by atoms with Gasteiger partial charge in [-0.05, 0) is 6.07 Å². The summed E-state index contributed by atoms with van der Waals surface area (Å²) < 4.78 is 0. The van der Waals surface area contributed by atoms with E-state index in [9.17, 15) is 0 Å². The monoisotopic (exact) mass is 187 g/mol. The fourth-order valence-corrected chi connectivity index (χ4v) is 1.13.